The number of carbonyl (C=O) groups excluding carboxylic acids is 1. The van der Waals surface area contributed by atoms with Crippen LogP contribution < -0.4 is 4.74 Å². The van der Waals surface area contributed by atoms with E-state index in [9.17, 15) is 23.1 Å². The number of alkyl halides is 3. The fourth-order valence-electron chi connectivity index (χ4n) is 3.44. The van der Waals surface area contributed by atoms with Gasteiger partial charge < -0.3 is 9.84 Å². The number of hydrazone groups is 1. The molecule has 8 heteroatoms. The van der Waals surface area contributed by atoms with Crippen molar-refractivity contribution in [3.05, 3.63) is 30.3 Å². The average molecular weight is 370 g/mol. The van der Waals surface area contributed by atoms with Crippen LogP contribution in [0, 0.1) is 5.92 Å². The van der Waals surface area contributed by atoms with Crippen molar-refractivity contribution in [1.82, 2.24) is 5.01 Å². The number of halogens is 3. The second-order valence-corrected chi connectivity index (χ2v) is 6.72. The number of para-hydroxylation sites is 1. The maximum absolute atomic E-state index is 13.5. The van der Waals surface area contributed by atoms with Gasteiger partial charge in [-0.25, -0.2) is 0 Å². The zero-order chi connectivity index (χ0) is 18.8. The number of nitrogens with zero attached hydrogens (tertiary/aromatic N) is 2. The summed E-state index contributed by atoms with van der Waals surface area (Å²) in [5.74, 6) is -0.794. The Labute approximate surface area is 149 Å². The third-order valence-corrected chi connectivity index (χ3v) is 4.88. The second kappa shape index (κ2) is 7.26. The van der Waals surface area contributed by atoms with Gasteiger partial charge in [-0.2, -0.15) is 23.3 Å². The molecule has 1 aliphatic carbocycles. The van der Waals surface area contributed by atoms with E-state index in [1.807, 2.05) is 0 Å². The summed E-state index contributed by atoms with van der Waals surface area (Å²) in [6.07, 6.45) is -1.36. The topological polar surface area (TPSA) is 62.1 Å². The van der Waals surface area contributed by atoms with Gasteiger partial charge in [-0.3, -0.25) is 4.79 Å². The molecule has 1 aromatic carbocycles. The molecule has 0 aromatic heterocycles. The first kappa shape index (κ1) is 18.7. The summed E-state index contributed by atoms with van der Waals surface area (Å²) < 4.78 is 45.7. The lowest BCUT2D eigenvalue weighted by atomic mass is 9.83. The molecule has 0 spiro atoms. The third kappa shape index (κ3) is 3.70. The summed E-state index contributed by atoms with van der Waals surface area (Å²) in [5, 5.41) is 14.3. The molecule has 1 heterocycles. The summed E-state index contributed by atoms with van der Waals surface area (Å²) >= 11 is 0. The van der Waals surface area contributed by atoms with E-state index in [-0.39, 0.29) is 16.6 Å². The van der Waals surface area contributed by atoms with Gasteiger partial charge in [-0.1, -0.05) is 37.5 Å². The van der Waals surface area contributed by atoms with Crippen LogP contribution in [0.25, 0.3) is 0 Å². The second-order valence-electron chi connectivity index (χ2n) is 6.72. The Morgan fingerprint density at radius 2 is 1.88 bits per heavy atom. The summed E-state index contributed by atoms with van der Waals surface area (Å²) in [7, 11) is 0. The lowest BCUT2D eigenvalue weighted by Crippen LogP contribution is -2.57. The number of hydrogen-bond donors (Lipinski definition) is 1. The van der Waals surface area contributed by atoms with Crippen LogP contribution in [0.15, 0.2) is 35.4 Å². The van der Waals surface area contributed by atoms with Crippen LogP contribution in [0.5, 0.6) is 5.75 Å². The van der Waals surface area contributed by atoms with Gasteiger partial charge in [0.1, 0.15) is 5.75 Å². The lowest BCUT2D eigenvalue weighted by Gasteiger charge is -2.32. The first-order valence-corrected chi connectivity index (χ1v) is 8.68. The van der Waals surface area contributed by atoms with Gasteiger partial charge in [0.2, 0.25) is 0 Å². The Hall–Kier alpha value is -2.09. The fourth-order valence-corrected chi connectivity index (χ4v) is 3.44. The van der Waals surface area contributed by atoms with Crippen molar-refractivity contribution in [2.75, 3.05) is 6.61 Å². The standard InChI is InChI=1S/C18H21F3N2O3/c19-18(20,21)17(25)11-15(13-7-3-1-4-8-13)22-23(17)16(24)12-26-14-9-5-2-6-10-14/h2,5-6,9-10,13,25H,1,3-4,7-8,11-12H2. The van der Waals surface area contributed by atoms with Crippen molar-refractivity contribution in [2.45, 2.75) is 50.4 Å². The molecule has 3 rings (SSSR count). The number of aliphatic hydroxyl groups is 1. The van der Waals surface area contributed by atoms with Crippen LogP contribution in [0.1, 0.15) is 38.5 Å². The molecule has 1 atom stereocenters. The van der Waals surface area contributed by atoms with Crippen molar-refractivity contribution in [3.63, 3.8) is 0 Å². The van der Waals surface area contributed by atoms with Gasteiger partial charge in [0, 0.05) is 12.1 Å². The maximum atomic E-state index is 13.5. The molecule has 1 fully saturated rings. The first-order valence-electron chi connectivity index (χ1n) is 8.68. The van der Waals surface area contributed by atoms with Crippen molar-refractivity contribution in [2.24, 2.45) is 11.0 Å². The smallest absolute Gasteiger partial charge is 0.438 e. The number of rotatable bonds is 4. The Morgan fingerprint density at radius 1 is 1.23 bits per heavy atom. The number of carbonyl (C=O) groups is 1. The van der Waals surface area contributed by atoms with Crippen LogP contribution in [-0.2, 0) is 4.79 Å². The highest BCUT2D eigenvalue weighted by atomic mass is 19.4. The van der Waals surface area contributed by atoms with Gasteiger partial charge in [0.05, 0.1) is 0 Å². The Bertz CT molecular complexity index is 672. The Morgan fingerprint density at radius 3 is 2.50 bits per heavy atom. The SMILES string of the molecule is O=C(COc1ccccc1)N1N=C(C2CCCCC2)CC1(O)C(F)(F)F. The molecule has 1 saturated carbocycles. The number of benzene rings is 1. The zero-order valence-electron chi connectivity index (χ0n) is 14.2. The van der Waals surface area contributed by atoms with Crippen molar-refractivity contribution in [3.8, 4) is 5.75 Å². The summed E-state index contributed by atoms with van der Waals surface area (Å²) in [4.78, 5) is 12.3. The lowest BCUT2D eigenvalue weighted by molar-refractivity contribution is -0.302. The zero-order valence-corrected chi connectivity index (χ0v) is 14.2. The molecule has 5 nitrogen and oxygen atoms in total. The van der Waals surface area contributed by atoms with Crippen molar-refractivity contribution >= 4 is 11.6 Å². The van der Waals surface area contributed by atoms with E-state index in [1.165, 1.54) is 0 Å². The predicted octanol–water partition coefficient (Wildman–Crippen LogP) is 3.48. The van der Waals surface area contributed by atoms with Crippen LogP contribution in [-0.4, -0.2) is 40.2 Å². The van der Waals surface area contributed by atoms with Gasteiger partial charge in [-0.05, 0) is 30.9 Å². The van der Waals surface area contributed by atoms with E-state index in [0.717, 1.165) is 32.1 Å². The van der Waals surface area contributed by atoms with Gasteiger partial charge in [0.25, 0.3) is 11.6 Å². The van der Waals surface area contributed by atoms with Crippen molar-refractivity contribution in [1.29, 1.82) is 0 Å². The van der Waals surface area contributed by atoms with Crippen LogP contribution in [0.3, 0.4) is 0 Å². The maximum Gasteiger partial charge on any atom is 0.438 e. The van der Waals surface area contributed by atoms with Gasteiger partial charge >= 0.3 is 6.18 Å². The normalized spacial score (nSPS) is 24.5. The van der Waals surface area contributed by atoms with Crippen LogP contribution in [0.2, 0.25) is 0 Å². The van der Waals surface area contributed by atoms with Gasteiger partial charge in [-0.15, -0.1) is 0 Å². The molecule has 2 aliphatic rings. The minimum atomic E-state index is -5.00. The fraction of sp³-hybridized carbons (Fsp3) is 0.556. The minimum Gasteiger partial charge on any atom is -0.484 e. The number of ether oxygens (including phenoxy) is 1. The summed E-state index contributed by atoms with van der Waals surface area (Å²) in [6.45, 7) is -0.635. The van der Waals surface area contributed by atoms with Crippen LogP contribution >= 0.6 is 0 Å². The molecule has 0 bridgehead atoms. The minimum absolute atomic E-state index is 0.120. The monoisotopic (exact) mass is 370 g/mol. The number of hydrogen-bond acceptors (Lipinski definition) is 4. The quantitative estimate of drug-likeness (QED) is 0.883. The highest BCUT2D eigenvalue weighted by Crippen LogP contribution is 2.43. The van der Waals surface area contributed by atoms with E-state index >= 15 is 0 Å². The van der Waals surface area contributed by atoms with E-state index in [2.05, 4.69) is 5.10 Å². The first-order chi connectivity index (χ1) is 12.3. The van der Waals surface area contributed by atoms with E-state index in [4.69, 9.17) is 4.74 Å². The highest BCUT2D eigenvalue weighted by molar-refractivity contribution is 5.92. The van der Waals surface area contributed by atoms with Crippen molar-refractivity contribution < 1.29 is 27.8 Å². The largest absolute Gasteiger partial charge is 0.484 e. The molecule has 1 N–H and O–H groups in total. The molecule has 1 aliphatic heterocycles. The van der Waals surface area contributed by atoms with E-state index in [1.54, 1.807) is 30.3 Å². The highest BCUT2D eigenvalue weighted by Gasteiger charge is 2.63. The summed E-state index contributed by atoms with van der Waals surface area (Å²) in [6, 6.07) is 8.29. The van der Waals surface area contributed by atoms with E-state index in [0.29, 0.717) is 5.75 Å². The average Bonchev–Trinajstić information content (AvgIpc) is 3.00. The van der Waals surface area contributed by atoms with E-state index < -0.39 is 30.8 Å². The molecule has 1 unspecified atom stereocenters. The molecule has 1 amide bonds. The van der Waals surface area contributed by atoms with Gasteiger partial charge in [0.15, 0.2) is 6.61 Å². The molecule has 0 radical (unpaired) electrons. The number of amides is 1. The van der Waals surface area contributed by atoms with Crippen LogP contribution in [0.4, 0.5) is 13.2 Å². The molecule has 1 aromatic rings. The Kier molecular flexibility index (Phi) is 5.22. The third-order valence-electron chi connectivity index (χ3n) is 4.88. The molecular formula is C18H21F3N2O3. The molecule has 26 heavy (non-hydrogen) atoms. The molecule has 142 valence electrons. The molecule has 0 saturated heterocycles. The summed E-state index contributed by atoms with van der Waals surface area (Å²) in [5.41, 5.74) is -3.06. The predicted molar refractivity (Wildman–Crippen MR) is 88.4 cm³/mol. The Balaban J connectivity index is 1.77. The molecular weight excluding hydrogens is 349 g/mol.